The van der Waals surface area contributed by atoms with Crippen LogP contribution in [0.1, 0.15) is 5.89 Å². The Morgan fingerprint density at radius 1 is 0.778 bits per heavy atom. The zero-order valence-electron chi connectivity index (χ0n) is 18.5. The Kier molecular flexibility index (Phi) is 5.94. The SMILES string of the molecule is Cc1nnc(-c2ccc(S(=O)(=O)Nc3ccc(Cl)cc3NS(=O)(=O)c3cc4ccccc4o3)cc2)o1. The van der Waals surface area contributed by atoms with E-state index in [9.17, 15) is 16.8 Å². The Bertz CT molecular complexity index is 1760. The van der Waals surface area contributed by atoms with Crippen LogP contribution in [-0.4, -0.2) is 27.0 Å². The van der Waals surface area contributed by atoms with E-state index in [1.54, 1.807) is 31.2 Å². The van der Waals surface area contributed by atoms with Gasteiger partial charge in [-0.3, -0.25) is 9.44 Å². The minimum Gasteiger partial charge on any atom is -0.443 e. The highest BCUT2D eigenvalue weighted by molar-refractivity contribution is 7.93. The van der Waals surface area contributed by atoms with E-state index in [1.165, 1.54) is 48.5 Å². The van der Waals surface area contributed by atoms with Gasteiger partial charge in [-0.1, -0.05) is 29.8 Å². The van der Waals surface area contributed by atoms with E-state index in [0.29, 0.717) is 22.4 Å². The number of aromatic nitrogens is 2. The second kappa shape index (κ2) is 8.97. The molecule has 0 atom stereocenters. The van der Waals surface area contributed by atoms with Gasteiger partial charge in [-0.05, 0) is 48.5 Å². The molecule has 0 saturated carbocycles. The lowest BCUT2D eigenvalue weighted by molar-refractivity contribution is 0.484. The molecule has 0 bridgehead atoms. The highest BCUT2D eigenvalue weighted by Gasteiger charge is 2.23. The normalized spacial score (nSPS) is 12.1. The molecule has 0 spiro atoms. The minimum absolute atomic E-state index is 0.0318. The lowest BCUT2D eigenvalue weighted by atomic mass is 10.2. The Balaban J connectivity index is 1.43. The summed E-state index contributed by atoms with van der Waals surface area (Å²) in [4.78, 5) is -0.0662. The van der Waals surface area contributed by atoms with Crippen LogP contribution in [0.5, 0.6) is 0 Å². The van der Waals surface area contributed by atoms with Gasteiger partial charge < -0.3 is 8.83 Å². The maximum Gasteiger partial charge on any atom is 0.295 e. The van der Waals surface area contributed by atoms with E-state index in [0.717, 1.165) is 0 Å². The highest BCUT2D eigenvalue weighted by atomic mass is 35.5. The van der Waals surface area contributed by atoms with Gasteiger partial charge in [0.1, 0.15) is 5.58 Å². The van der Waals surface area contributed by atoms with E-state index in [1.807, 2.05) is 0 Å². The van der Waals surface area contributed by atoms with E-state index < -0.39 is 20.0 Å². The number of nitrogens with one attached hydrogen (secondary N) is 2. The van der Waals surface area contributed by atoms with Gasteiger partial charge in [0.25, 0.3) is 20.0 Å². The largest absolute Gasteiger partial charge is 0.443 e. The summed E-state index contributed by atoms with van der Waals surface area (Å²) in [5.41, 5.74) is 0.824. The Morgan fingerprint density at radius 2 is 1.50 bits per heavy atom. The fraction of sp³-hybridized carbons (Fsp3) is 0.0435. The highest BCUT2D eigenvalue weighted by Crippen LogP contribution is 2.32. The predicted molar refractivity (Wildman–Crippen MR) is 134 cm³/mol. The van der Waals surface area contributed by atoms with Gasteiger partial charge in [-0.25, -0.2) is 8.42 Å². The Hall–Kier alpha value is -3.87. The number of para-hydroxylation sites is 1. The summed E-state index contributed by atoms with van der Waals surface area (Å²) in [6, 6.07) is 18.0. The van der Waals surface area contributed by atoms with Crippen molar-refractivity contribution >= 4 is 54.0 Å². The molecule has 0 aliphatic heterocycles. The molecule has 5 rings (SSSR count). The first-order valence-corrected chi connectivity index (χ1v) is 13.7. The first-order chi connectivity index (χ1) is 17.1. The summed E-state index contributed by atoms with van der Waals surface area (Å²) in [6.07, 6.45) is 0. The van der Waals surface area contributed by atoms with Crippen LogP contribution >= 0.6 is 11.6 Å². The molecule has 0 aliphatic carbocycles. The topological polar surface area (TPSA) is 144 Å². The third kappa shape index (κ3) is 4.78. The molecule has 2 heterocycles. The van der Waals surface area contributed by atoms with Crippen molar-refractivity contribution in [3.05, 3.63) is 83.7 Å². The lowest BCUT2D eigenvalue weighted by Gasteiger charge is -2.14. The number of aryl methyl sites for hydroxylation is 1. The average molecular weight is 545 g/mol. The van der Waals surface area contributed by atoms with Crippen molar-refractivity contribution in [1.82, 2.24) is 10.2 Å². The summed E-state index contributed by atoms with van der Waals surface area (Å²) in [6.45, 7) is 1.64. The number of fused-ring (bicyclic) bond motifs is 1. The minimum atomic E-state index is -4.20. The number of benzene rings is 3. The second-order valence-corrected chi connectivity index (χ2v) is 11.4. The predicted octanol–water partition coefficient (Wildman–Crippen LogP) is 5.05. The van der Waals surface area contributed by atoms with Gasteiger partial charge in [0.2, 0.25) is 16.9 Å². The lowest BCUT2D eigenvalue weighted by Crippen LogP contribution is -2.17. The molecular formula is C23H17ClN4O6S2. The maximum atomic E-state index is 13.1. The van der Waals surface area contributed by atoms with E-state index >= 15 is 0 Å². The van der Waals surface area contributed by atoms with Crippen molar-refractivity contribution < 1.29 is 25.7 Å². The first kappa shape index (κ1) is 23.9. The number of hydrogen-bond donors (Lipinski definition) is 2. The van der Waals surface area contributed by atoms with Gasteiger partial charge in [-0.2, -0.15) is 8.42 Å². The van der Waals surface area contributed by atoms with Crippen molar-refractivity contribution in [2.45, 2.75) is 16.9 Å². The molecule has 36 heavy (non-hydrogen) atoms. The number of nitrogens with zero attached hydrogens (tertiary/aromatic N) is 2. The average Bonchev–Trinajstić information content (AvgIpc) is 3.47. The molecule has 3 aromatic carbocycles. The van der Waals surface area contributed by atoms with Crippen LogP contribution in [-0.2, 0) is 20.0 Å². The molecule has 0 amide bonds. The van der Waals surface area contributed by atoms with Gasteiger partial charge in [0, 0.05) is 29.0 Å². The Labute approximate surface area is 211 Å². The summed E-state index contributed by atoms with van der Waals surface area (Å²) in [5.74, 6) is 0.633. The van der Waals surface area contributed by atoms with Crippen molar-refractivity contribution in [3.63, 3.8) is 0 Å². The maximum absolute atomic E-state index is 13.1. The fourth-order valence-electron chi connectivity index (χ4n) is 3.37. The molecular weight excluding hydrogens is 528 g/mol. The van der Waals surface area contributed by atoms with Crippen LogP contribution < -0.4 is 9.44 Å². The summed E-state index contributed by atoms with van der Waals surface area (Å²) >= 11 is 6.07. The number of halogens is 1. The molecule has 5 aromatic rings. The van der Waals surface area contributed by atoms with Crippen molar-refractivity contribution in [2.24, 2.45) is 0 Å². The molecule has 13 heteroatoms. The molecule has 2 aromatic heterocycles. The smallest absolute Gasteiger partial charge is 0.295 e. The van der Waals surface area contributed by atoms with Crippen LogP contribution in [0.25, 0.3) is 22.4 Å². The van der Waals surface area contributed by atoms with Crippen LogP contribution in [0.2, 0.25) is 5.02 Å². The number of rotatable bonds is 7. The molecule has 184 valence electrons. The summed E-state index contributed by atoms with van der Waals surface area (Å²) in [7, 11) is -8.30. The van der Waals surface area contributed by atoms with Crippen molar-refractivity contribution in [3.8, 4) is 11.5 Å². The Morgan fingerprint density at radius 3 is 2.19 bits per heavy atom. The van der Waals surface area contributed by atoms with Gasteiger partial charge in [-0.15, -0.1) is 10.2 Å². The van der Waals surface area contributed by atoms with Crippen LogP contribution in [0.3, 0.4) is 0 Å². The van der Waals surface area contributed by atoms with Crippen molar-refractivity contribution in [1.29, 1.82) is 0 Å². The monoisotopic (exact) mass is 544 g/mol. The third-order valence-electron chi connectivity index (χ3n) is 5.08. The van der Waals surface area contributed by atoms with Gasteiger partial charge in [0.05, 0.1) is 16.3 Å². The number of anilines is 2. The van der Waals surface area contributed by atoms with Gasteiger partial charge >= 0.3 is 0 Å². The third-order valence-corrected chi connectivity index (χ3v) is 7.91. The summed E-state index contributed by atoms with van der Waals surface area (Å²) in [5, 5.41) is 8.12. The molecule has 0 fully saturated rings. The van der Waals surface area contributed by atoms with Crippen molar-refractivity contribution in [2.75, 3.05) is 9.44 Å². The molecule has 0 unspecified atom stereocenters. The quantitative estimate of drug-likeness (QED) is 0.290. The van der Waals surface area contributed by atoms with Crippen LogP contribution in [0, 0.1) is 6.92 Å². The fourth-order valence-corrected chi connectivity index (χ4v) is 5.66. The zero-order chi connectivity index (χ0) is 25.5. The number of sulfonamides is 2. The first-order valence-electron chi connectivity index (χ1n) is 10.3. The molecule has 10 nitrogen and oxygen atoms in total. The van der Waals surface area contributed by atoms with E-state index in [-0.39, 0.29) is 32.3 Å². The molecule has 0 radical (unpaired) electrons. The van der Waals surface area contributed by atoms with Crippen LogP contribution in [0.15, 0.2) is 91.6 Å². The van der Waals surface area contributed by atoms with Crippen LogP contribution in [0.4, 0.5) is 11.4 Å². The zero-order valence-corrected chi connectivity index (χ0v) is 20.9. The molecule has 0 saturated heterocycles. The van der Waals surface area contributed by atoms with Gasteiger partial charge in [0.15, 0.2) is 0 Å². The standard InChI is InChI=1S/C23H17ClN4O6S2/c1-14-25-26-23(33-14)15-6-9-18(10-7-15)35(29,30)27-19-11-8-17(24)13-20(19)28-36(31,32)22-12-16-4-2-3-5-21(16)34-22/h2-13,27-28H,1H3. The summed E-state index contributed by atoms with van der Waals surface area (Å²) < 4.78 is 67.7. The number of furan rings is 1. The van der Waals surface area contributed by atoms with E-state index in [4.69, 9.17) is 20.4 Å². The van der Waals surface area contributed by atoms with E-state index in [2.05, 4.69) is 19.6 Å². The molecule has 2 N–H and O–H groups in total. The number of hydrogen-bond acceptors (Lipinski definition) is 8. The molecule has 0 aliphatic rings. The second-order valence-electron chi connectivity index (χ2n) is 7.65.